The molecule has 0 aliphatic rings. The number of anilines is 1. The zero-order valence-electron chi connectivity index (χ0n) is 8.21. The van der Waals surface area contributed by atoms with E-state index in [0.717, 1.165) is 24.1 Å². The van der Waals surface area contributed by atoms with Gasteiger partial charge in [0.25, 0.3) is 0 Å². The lowest BCUT2D eigenvalue weighted by Gasteiger charge is -2.06. The number of halogens is 1. The van der Waals surface area contributed by atoms with Gasteiger partial charge in [0.1, 0.15) is 16.1 Å². The smallest absolute Gasteiger partial charge is 0.132 e. The van der Waals surface area contributed by atoms with Gasteiger partial charge in [-0.25, -0.2) is 9.19 Å². The van der Waals surface area contributed by atoms with Crippen molar-refractivity contribution < 1.29 is 4.21 Å². The van der Waals surface area contributed by atoms with Gasteiger partial charge in [-0.05, 0) is 18.1 Å². The largest absolute Gasteiger partial charge is 0.304 e. The van der Waals surface area contributed by atoms with E-state index in [9.17, 15) is 4.21 Å². The van der Waals surface area contributed by atoms with Gasteiger partial charge in [-0.3, -0.25) is 0 Å². The number of hydrogen-bond donors (Lipinski definition) is 1. The second kappa shape index (κ2) is 5.32. The third-order valence-electron chi connectivity index (χ3n) is 1.69. The monoisotopic (exact) mass is 232 g/mol. The molecule has 5 heteroatoms. The van der Waals surface area contributed by atoms with Crippen molar-refractivity contribution in [3.63, 3.8) is 0 Å². The molecule has 1 aromatic rings. The molecule has 0 saturated carbocycles. The lowest BCUT2D eigenvalue weighted by Crippen LogP contribution is -2.02. The van der Waals surface area contributed by atoms with Crippen molar-refractivity contribution in [1.29, 1.82) is 0 Å². The fourth-order valence-corrected chi connectivity index (χ4v) is 1.80. The van der Waals surface area contributed by atoms with Crippen LogP contribution >= 0.6 is 11.6 Å². The van der Waals surface area contributed by atoms with Crippen molar-refractivity contribution in [2.45, 2.75) is 19.8 Å². The van der Waals surface area contributed by atoms with E-state index in [1.807, 2.05) is 6.07 Å². The standard InChI is InChI=1S/C9H13ClN2OS/c1-3-4-7-5-8(12-14(2)13)6-11-9(7)10/h5-6,12H,3-4H2,1-2H3. The Kier molecular flexibility index (Phi) is 4.35. The van der Waals surface area contributed by atoms with Crippen LogP contribution in [0.4, 0.5) is 5.69 Å². The SMILES string of the molecule is CCCc1cc(NS(C)=O)cnc1Cl. The van der Waals surface area contributed by atoms with Crippen LogP contribution < -0.4 is 4.72 Å². The Balaban J connectivity index is 2.88. The zero-order chi connectivity index (χ0) is 10.6. The Hall–Kier alpha value is -0.610. The first-order chi connectivity index (χ1) is 6.63. The minimum Gasteiger partial charge on any atom is -0.304 e. The first-order valence-electron chi connectivity index (χ1n) is 4.38. The van der Waals surface area contributed by atoms with Crippen molar-refractivity contribution in [2.24, 2.45) is 0 Å². The van der Waals surface area contributed by atoms with Crippen LogP contribution in [0.15, 0.2) is 12.3 Å². The van der Waals surface area contributed by atoms with Crippen LogP contribution in [-0.2, 0) is 17.4 Å². The van der Waals surface area contributed by atoms with E-state index >= 15 is 0 Å². The van der Waals surface area contributed by atoms with Gasteiger partial charge in [0.15, 0.2) is 0 Å². The molecule has 0 aliphatic heterocycles. The predicted octanol–water partition coefficient (Wildman–Crippen LogP) is 2.39. The van der Waals surface area contributed by atoms with E-state index < -0.39 is 11.0 Å². The molecule has 0 radical (unpaired) electrons. The van der Waals surface area contributed by atoms with Gasteiger partial charge >= 0.3 is 0 Å². The molecule has 0 amide bonds. The fraction of sp³-hybridized carbons (Fsp3) is 0.444. The normalized spacial score (nSPS) is 12.5. The second-order valence-electron chi connectivity index (χ2n) is 2.98. The van der Waals surface area contributed by atoms with E-state index in [0.29, 0.717) is 5.15 Å². The maximum atomic E-state index is 10.9. The van der Waals surface area contributed by atoms with E-state index in [2.05, 4.69) is 16.6 Å². The summed E-state index contributed by atoms with van der Waals surface area (Å²) in [6.45, 7) is 2.08. The van der Waals surface area contributed by atoms with E-state index in [1.54, 1.807) is 12.5 Å². The molecule has 1 rings (SSSR count). The predicted molar refractivity (Wildman–Crippen MR) is 60.9 cm³/mol. The number of aromatic nitrogens is 1. The minimum absolute atomic E-state index is 0.527. The molecule has 1 aromatic heterocycles. The number of nitrogens with one attached hydrogen (secondary N) is 1. The van der Waals surface area contributed by atoms with Crippen LogP contribution in [0.3, 0.4) is 0 Å². The maximum absolute atomic E-state index is 10.9. The van der Waals surface area contributed by atoms with Gasteiger partial charge in [0.2, 0.25) is 0 Å². The third kappa shape index (κ3) is 3.27. The summed E-state index contributed by atoms with van der Waals surface area (Å²) < 4.78 is 13.7. The van der Waals surface area contributed by atoms with Crippen LogP contribution in [0.2, 0.25) is 5.15 Å². The third-order valence-corrected chi connectivity index (χ3v) is 2.56. The van der Waals surface area contributed by atoms with Crippen molar-refractivity contribution in [3.05, 3.63) is 23.0 Å². The summed E-state index contributed by atoms with van der Waals surface area (Å²) in [7, 11) is -1.07. The fourth-order valence-electron chi connectivity index (χ4n) is 1.16. The van der Waals surface area contributed by atoms with Gasteiger partial charge in [0.05, 0.1) is 11.9 Å². The highest BCUT2D eigenvalue weighted by Crippen LogP contribution is 2.18. The lowest BCUT2D eigenvalue weighted by molar-refractivity contribution is 0.690. The summed E-state index contributed by atoms with van der Waals surface area (Å²) >= 11 is 5.90. The topological polar surface area (TPSA) is 42.0 Å². The van der Waals surface area contributed by atoms with E-state index in [4.69, 9.17) is 11.6 Å². The first-order valence-corrected chi connectivity index (χ1v) is 6.31. The molecule has 0 bridgehead atoms. The average molecular weight is 233 g/mol. The van der Waals surface area contributed by atoms with Gasteiger partial charge in [0, 0.05) is 6.26 Å². The molecule has 1 atom stereocenters. The molecule has 0 fully saturated rings. The van der Waals surface area contributed by atoms with Crippen molar-refractivity contribution in [2.75, 3.05) is 11.0 Å². The van der Waals surface area contributed by atoms with Gasteiger partial charge < -0.3 is 4.72 Å². The highest BCUT2D eigenvalue weighted by atomic mass is 35.5. The summed E-state index contributed by atoms with van der Waals surface area (Å²) in [5.74, 6) is 0. The average Bonchev–Trinajstić information content (AvgIpc) is 2.10. The molecule has 1 heterocycles. The van der Waals surface area contributed by atoms with Crippen molar-refractivity contribution in [1.82, 2.24) is 4.98 Å². The summed E-state index contributed by atoms with van der Waals surface area (Å²) in [5, 5.41) is 0.527. The Morgan fingerprint density at radius 1 is 1.64 bits per heavy atom. The van der Waals surface area contributed by atoms with E-state index in [-0.39, 0.29) is 0 Å². The first kappa shape index (κ1) is 11.5. The van der Waals surface area contributed by atoms with Gasteiger partial charge in [-0.2, -0.15) is 0 Å². The summed E-state index contributed by atoms with van der Waals surface area (Å²) in [6.07, 6.45) is 5.06. The molecule has 1 unspecified atom stereocenters. The number of aryl methyl sites for hydroxylation is 1. The molecule has 0 spiro atoms. The Labute approximate surface area is 91.5 Å². The van der Waals surface area contributed by atoms with Crippen LogP contribution in [-0.4, -0.2) is 15.4 Å². The molecule has 3 nitrogen and oxygen atoms in total. The molecule has 0 aliphatic carbocycles. The van der Waals surface area contributed by atoms with Crippen molar-refractivity contribution in [3.8, 4) is 0 Å². The molecule has 1 N–H and O–H groups in total. The summed E-state index contributed by atoms with van der Waals surface area (Å²) in [4.78, 5) is 4.02. The molecular formula is C9H13ClN2OS. The Bertz CT molecular complexity index is 344. The molecule has 78 valence electrons. The number of rotatable bonds is 4. The highest BCUT2D eigenvalue weighted by molar-refractivity contribution is 7.85. The molecule has 0 aromatic carbocycles. The molecule has 14 heavy (non-hydrogen) atoms. The molecular weight excluding hydrogens is 220 g/mol. The zero-order valence-corrected chi connectivity index (χ0v) is 9.78. The summed E-state index contributed by atoms with van der Waals surface area (Å²) in [5.41, 5.74) is 1.74. The number of pyridine rings is 1. The van der Waals surface area contributed by atoms with Gasteiger partial charge in [-0.1, -0.05) is 24.9 Å². The highest BCUT2D eigenvalue weighted by Gasteiger charge is 2.03. The van der Waals surface area contributed by atoms with Crippen LogP contribution in [0, 0.1) is 0 Å². The maximum Gasteiger partial charge on any atom is 0.132 e. The quantitative estimate of drug-likeness (QED) is 0.810. The van der Waals surface area contributed by atoms with Crippen molar-refractivity contribution >= 4 is 28.3 Å². The van der Waals surface area contributed by atoms with Crippen LogP contribution in [0.5, 0.6) is 0 Å². The second-order valence-corrected chi connectivity index (χ2v) is 4.45. The minimum atomic E-state index is -1.07. The lowest BCUT2D eigenvalue weighted by atomic mass is 10.2. The Morgan fingerprint density at radius 2 is 2.36 bits per heavy atom. The summed E-state index contributed by atoms with van der Waals surface area (Å²) in [6, 6.07) is 1.89. The van der Waals surface area contributed by atoms with Crippen LogP contribution in [0.25, 0.3) is 0 Å². The van der Waals surface area contributed by atoms with Crippen LogP contribution in [0.1, 0.15) is 18.9 Å². The van der Waals surface area contributed by atoms with E-state index in [1.165, 1.54) is 0 Å². The Morgan fingerprint density at radius 3 is 2.93 bits per heavy atom. The van der Waals surface area contributed by atoms with Gasteiger partial charge in [-0.15, -0.1) is 0 Å². The number of nitrogens with zero attached hydrogens (tertiary/aromatic N) is 1. The molecule has 0 saturated heterocycles. The number of hydrogen-bond acceptors (Lipinski definition) is 2.